The lowest BCUT2D eigenvalue weighted by molar-refractivity contribution is -0.118. The average molecular weight is 248 g/mol. The maximum Gasteiger partial charge on any atom is 0.262 e. The van der Waals surface area contributed by atoms with E-state index in [2.05, 4.69) is 19.2 Å². The predicted octanol–water partition coefficient (Wildman–Crippen LogP) is 2.50. The third-order valence-electron chi connectivity index (χ3n) is 3.17. The lowest BCUT2D eigenvalue weighted by atomic mass is 9.97. The Kier molecular flexibility index (Phi) is 3.75. The zero-order valence-corrected chi connectivity index (χ0v) is 11.0. The zero-order chi connectivity index (χ0) is 13.1. The number of rotatable bonds is 4. The molecule has 1 heterocycles. The fraction of sp³-hybridized carbons (Fsp3) is 0.500. The minimum atomic E-state index is -0.109. The van der Waals surface area contributed by atoms with Gasteiger partial charge < -0.3 is 15.8 Å². The zero-order valence-electron chi connectivity index (χ0n) is 11.0. The molecule has 1 aromatic carbocycles. The summed E-state index contributed by atoms with van der Waals surface area (Å²) in [5, 5.41) is 2.88. The average Bonchev–Trinajstić information content (AvgIpc) is 2.35. The van der Waals surface area contributed by atoms with E-state index in [0.717, 1.165) is 53.9 Å². The first-order chi connectivity index (χ1) is 8.67. The van der Waals surface area contributed by atoms with Gasteiger partial charge in [-0.1, -0.05) is 26.7 Å². The van der Waals surface area contributed by atoms with Gasteiger partial charge >= 0.3 is 0 Å². The van der Waals surface area contributed by atoms with Crippen LogP contribution in [0.15, 0.2) is 6.07 Å². The number of fused-ring (bicyclic) bond motifs is 1. The van der Waals surface area contributed by atoms with Crippen LogP contribution in [0.3, 0.4) is 0 Å². The molecule has 1 amide bonds. The van der Waals surface area contributed by atoms with Crippen molar-refractivity contribution in [1.82, 2.24) is 0 Å². The number of nitrogen functional groups attached to an aromatic ring is 1. The van der Waals surface area contributed by atoms with Crippen molar-refractivity contribution in [3.63, 3.8) is 0 Å². The van der Waals surface area contributed by atoms with E-state index in [-0.39, 0.29) is 12.5 Å². The van der Waals surface area contributed by atoms with Crippen LogP contribution in [0, 0.1) is 0 Å². The standard InChI is InChI=1S/C14H20N2O2/c1-3-5-9-7-11-14(16-12(17)8-18-11)10(6-4-2)13(9)15/h7H,3-6,8,15H2,1-2H3,(H,16,17). The molecule has 1 aliphatic heterocycles. The first kappa shape index (κ1) is 12.7. The number of hydrogen-bond acceptors (Lipinski definition) is 3. The van der Waals surface area contributed by atoms with Crippen LogP contribution in [0.5, 0.6) is 5.75 Å². The Balaban J connectivity index is 2.51. The van der Waals surface area contributed by atoms with E-state index >= 15 is 0 Å². The minimum absolute atomic E-state index is 0.0913. The number of carbonyl (C=O) groups is 1. The van der Waals surface area contributed by atoms with Crippen molar-refractivity contribution in [3.05, 3.63) is 17.2 Å². The van der Waals surface area contributed by atoms with Crippen molar-refractivity contribution in [2.24, 2.45) is 0 Å². The molecular formula is C14H20N2O2. The molecule has 4 heteroatoms. The number of hydrogen-bond donors (Lipinski definition) is 2. The molecule has 18 heavy (non-hydrogen) atoms. The van der Waals surface area contributed by atoms with Crippen molar-refractivity contribution in [2.45, 2.75) is 39.5 Å². The van der Waals surface area contributed by atoms with E-state index in [1.807, 2.05) is 6.07 Å². The number of aryl methyl sites for hydroxylation is 1. The number of amides is 1. The van der Waals surface area contributed by atoms with E-state index in [1.165, 1.54) is 0 Å². The molecule has 0 aromatic heterocycles. The summed E-state index contributed by atoms with van der Waals surface area (Å²) in [4.78, 5) is 11.4. The fourth-order valence-corrected chi connectivity index (χ4v) is 2.34. The summed E-state index contributed by atoms with van der Waals surface area (Å²) in [5.41, 5.74) is 9.94. The van der Waals surface area contributed by atoms with Gasteiger partial charge in [0.15, 0.2) is 6.61 Å². The molecule has 3 N–H and O–H groups in total. The maximum absolute atomic E-state index is 11.4. The summed E-state index contributed by atoms with van der Waals surface area (Å²) in [6.45, 7) is 4.32. The monoisotopic (exact) mass is 248 g/mol. The highest BCUT2D eigenvalue weighted by molar-refractivity contribution is 5.97. The molecule has 1 aromatic rings. The summed E-state index contributed by atoms with van der Waals surface area (Å²) in [6, 6.07) is 1.97. The maximum atomic E-state index is 11.4. The van der Waals surface area contributed by atoms with Crippen LogP contribution in [0.25, 0.3) is 0 Å². The molecule has 98 valence electrons. The van der Waals surface area contributed by atoms with Crippen molar-refractivity contribution >= 4 is 17.3 Å². The summed E-state index contributed by atoms with van der Waals surface area (Å²) in [6.07, 6.45) is 3.82. The van der Waals surface area contributed by atoms with Crippen LogP contribution < -0.4 is 15.8 Å². The van der Waals surface area contributed by atoms with Gasteiger partial charge in [0.2, 0.25) is 0 Å². The first-order valence-corrected chi connectivity index (χ1v) is 6.54. The Hall–Kier alpha value is -1.71. The molecule has 0 unspecified atom stereocenters. The van der Waals surface area contributed by atoms with Crippen LogP contribution in [-0.4, -0.2) is 12.5 Å². The van der Waals surface area contributed by atoms with Crippen molar-refractivity contribution in [2.75, 3.05) is 17.7 Å². The Morgan fingerprint density at radius 1 is 1.33 bits per heavy atom. The molecule has 0 aliphatic carbocycles. The third kappa shape index (κ3) is 2.28. The second-order valence-electron chi connectivity index (χ2n) is 4.64. The van der Waals surface area contributed by atoms with E-state index < -0.39 is 0 Å². The number of ether oxygens (including phenoxy) is 1. The van der Waals surface area contributed by atoms with Gasteiger partial charge in [0.1, 0.15) is 5.75 Å². The van der Waals surface area contributed by atoms with Crippen molar-refractivity contribution < 1.29 is 9.53 Å². The molecular weight excluding hydrogens is 228 g/mol. The van der Waals surface area contributed by atoms with Crippen LogP contribution >= 0.6 is 0 Å². The van der Waals surface area contributed by atoms with Crippen molar-refractivity contribution in [1.29, 1.82) is 0 Å². The number of nitrogens with two attached hydrogens (primary N) is 1. The Morgan fingerprint density at radius 3 is 2.72 bits per heavy atom. The molecule has 0 spiro atoms. The summed E-state index contributed by atoms with van der Waals surface area (Å²) in [5.74, 6) is 0.651. The summed E-state index contributed by atoms with van der Waals surface area (Å²) < 4.78 is 5.50. The molecule has 0 saturated heterocycles. The molecule has 1 aliphatic rings. The highest BCUT2D eigenvalue weighted by Gasteiger charge is 2.22. The van der Waals surface area contributed by atoms with Crippen LogP contribution in [0.2, 0.25) is 0 Å². The van der Waals surface area contributed by atoms with Crippen LogP contribution in [0.4, 0.5) is 11.4 Å². The van der Waals surface area contributed by atoms with Gasteiger partial charge in [0, 0.05) is 11.3 Å². The normalized spacial score (nSPS) is 13.8. The number of nitrogens with one attached hydrogen (secondary N) is 1. The van der Waals surface area contributed by atoms with Gasteiger partial charge in [-0.15, -0.1) is 0 Å². The topological polar surface area (TPSA) is 64.3 Å². The van der Waals surface area contributed by atoms with Crippen molar-refractivity contribution in [3.8, 4) is 5.75 Å². The number of carbonyl (C=O) groups excluding carboxylic acids is 1. The molecule has 0 bridgehead atoms. The molecule has 0 saturated carbocycles. The molecule has 0 fully saturated rings. The Bertz CT molecular complexity index is 469. The second kappa shape index (κ2) is 5.29. The van der Waals surface area contributed by atoms with E-state index in [1.54, 1.807) is 0 Å². The highest BCUT2D eigenvalue weighted by atomic mass is 16.5. The smallest absolute Gasteiger partial charge is 0.262 e. The lowest BCUT2D eigenvalue weighted by Crippen LogP contribution is -2.27. The van der Waals surface area contributed by atoms with E-state index in [0.29, 0.717) is 0 Å². The Morgan fingerprint density at radius 2 is 2.06 bits per heavy atom. The van der Waals surface area contributed by atoms with Gasteiger partial charge in [-0.3, -0.25) is 4.79 Å². The van der Waals surface area contributed by atoms with E-state index in [4.69, 9.17) is 10.5 Å². The Labute approximate surface area is 108 Å². The van der Waals surface area contributed by atoms with Gasteiger partial charge in [0.05, 0.1) is 5.69 Å². The quantitative estimate of drug-likeness (QED) is 0.805. The third-order valence-corrected chi connectivity index (χ3v) is 3.17. The molecule has 0 atom stereocenters. The minimum Gasteiger partial charge on any atom is -0.482 e. The van der Waals surface area contributed by atoms with Crippen LogP contribution in [-0.2, 0) is 17.6 Å². The largest absolute Gasteiger partial charge is 0.482 e. The van der Waals surface area contributed by atoms with Crippen LogP contribution in [0.1, 0.15) is 37.8 Å². The van der Waals surface area contributed by atoms with Gasteiger partial charge in [-0.25, -0.2) is 0 Å². The summed E-state index contributed by atoms with van der Waals surface area (Å²) >= 11 is 0. The molecule has 0 radical (unpaired) electrons. The van der Waals surface area contributed by atoms with Gasteiger partial charge in [-0.2, -0.15) is 0 Å². The fourth-order valence-electron chi connectivity index (χ4n) is 2.34. The molecule has 2 rings (SSSR count). The van der Waals surface area contributed by atoms with Gasteiger partial charge in [0.25, 0.3) is 5.91 Å². The van der Waals surface area contributed by atoms with Gasteiger partial charge in [-0.05, 0) is 24.5 Å². The predicted molar refractivity (Wildman–Crippen MR) is 73.0 cm³/mol. The molecule has 4 nitrogen and oxygen atoms in total. The van der Waals surface area contributed by atoms with E-state index in [9.17, 15) is 4.79 Å². The SMILES string of the molecule is CCCc1cc2c(c(CCC)c1N)NC(=O)CO2. The summed E-state index contributed by atoms with van der Waals surface area (Å²) in [7, 11) is 0. The number of benzene rings is 1. The number of anilines is 2. The second-order valence-corrected chi connectivity index (χ2v) is 4.64. The lowest BCUT2D eigenvalue weighted by Gasteiger charge is -2.24. The highest BCUT2D eigenvalue weighted by Crippen LogP contribution is 2.38. The first-order valence-electron chi connectivity index (χ1n) is 6.54.